The Labute approximate surface area is 145 Å². The molecule has 3 rings (SSSR count). The van der Waals surface area contributed by atoms with E-state index in [1.165, 1.54) is 28.9 Å². The van der Waals surface area contributed by atoms with E-state index in [9.17, 15) is 14.7 Å². The molecular weight excluding hydrogens is 372 g/mol. The Hall–Kier alpha value is -2.86. The van der Waals surface area contributed by atoms with Crippen LogP contribution in [-0.4, -0.2) is 15.7 Å². The minimum atomic E-state index is -1.26. The molecule has 0 aliphatic heterocycles. The number of rotatable bonds is 3. The van der Waals surface area contributed by atoms with E-state index >= 15 is 0 Å². The third kappa shape index (κ3) is 3.09. The minimum Gasteiger partial charge on any atom is -0.545 e. The van der Waals surface area contributed by atoms with Gasteiger partial charge in [-0.3, -0.25) is 9.89 Å². The lowest BCUT2D eigenvalue weighted by atomic mass is 10.2. The number of hydrogen-bond acceptors (Lipinski definition) is 3. The number of carbonyl (C=O) groups excluding carboxylic acids is 1. The van der Waals surface area contributed by atoms with Gasteiger partial charge in [-0.25, -0.2) is 4.68 Å². The molecule has 0 saturated carbocycles. The van der Waals surface area contributed by atoms with Crippen molar-refractivity contribution in [3.63, 3.8) is 0 Å². The Bertz CT molecular complexity index is 1060. The van der Waals surface area contributed by atoms with Crippen molar-refractivity contribution in [2.75, 3.05) is 0 Å². The summed E-state index contributed by atoms with van der Waals surface area (Å²) in [5.74, 6) is -1.26. The molecule has 3 aromatic rings. The lowest BCUT2D eigenvalue weighted by Gasteiger charge is -2.04. The van der Waals surface area contributed by atoms with Crippen LogP contribution in [0.5, 0.6) is 0 Å². The maximum Gasteiger partial charge on any atom is 0.279 e. The van der Waals surface area contributed by atoms with Crippen LogP contribution in [0.2, 0.25) is 0 Å². The Balaban J connectivity index is 2.10. The molecule has 0 fully saturated rings. The fourth-order valence-corrected chi connectivity index (χ4v) is 2.56. The molecule has 0 saturated heterocycles. The van der Waals surface area contributed by atoms with Crippen molar-refractivity contribution in [1.29, 1.82) is 0 Å². The first kappa shape index (κ1) is 16.0. The van der Waals surface area contributed by atoms with Gasteiger partial charge in [-0.05, 0) is 41.5 Å². The monoisotopic (exact) mass is 383 g/mol. The highest BCUT2D eigenvalue weighted by Gasteiger charge is 2.05. The molecule has 0 radical (unpaired) electrons. The molecule has 1 aromatic heterocycles. The van der Waals surface area contributed by atoms with Gasteiger partial charge in [-0.1, -0.05) is 46.8 Å². The minimum absolute atomic E-state index is 0.0508. The summed E-state index contributed by atoms with van der Waals surface area (Å²) in [6, 6.07) is 13.4. The molecule has 120 valence electrons. The largest absolute Gasteiger partial charge is 0.545 e. The van der Waals surface area contributed by atoms with Gasteiger partial charge in [0, 0.05) is 4.47 Å². The molecule has 0 bridgehead atoms. The molecule has 1 heterocycles. The molecule has 0 aliphatic carbocycles. The zero-order valence-corrected chi connectivity index (χ0v) is 14.0. The Morgan fingerprint density at radius 3 is 2.33 bits per heavy atom. The molecule has 0 aliphatic rings. The molecule has 5 nitrogen and oxygen atoms in total. The number of halogens is 1. The fourth-order valence-electron chi connectivity index (χ4n) is 2.30. The molecule has 1 N–H and O–H groups in total. The van der Waals surface area contributed by atoms with Crippen LogP contribution in [0.25, 0.3) is 18.3 Å². The molecule has 6 heteroatoms. The summed E-state index contributed by atoms with van der Waals surface area (Å²) in [5, 5.41) is 14.6. The number of nitrogens with one attached hydrogen (secondary N) is 1. The van der Waals surface area contributed by atoms with Crippen LogP contribution in [0.3, 0.4) is 0 Å². The average molecular weight is 384 g/mol. The number of aromatic nitrogens is 2. The van der Waals surface area contributed by atoms with Crippen molar-refractivity contribution < 1.29 is 9.90 Å². The van der Waals surface area contributed by atoms with Crippen LogP contribution >= 0.6 is 15.9 Å². The van der Waals surface area contributed by atoms with Crippen molar-refractivity contribution in [2.24, 2.45) is 0 Å². The van der Waals surface area contributed by atoms with E-state index < -0.39 is 5.97 Å². The number of benzene rings is 2. The molecule has 0 amide bonds. The zero-order valence-electron chi connectivity index (χ0n) is 12.5. The van der Waals surface area contributed by atoms with Gasteiger partial charge in [-0.15, -0.1) is 0 Å². The van der Waals surface area contributed by atoms with Crippen molar-refractivity contribution in [2.45, 2.75) is 0 Å². The van der Waals surface area contributed by atoms with Crippen molar-refractivity contribution >= 4 is 34.6 Å². The van der Waals surface area contributed by atoms with E-state index in [1.807, 2.05) is 24.3 Å². The van der Waals surface area contributed by atoms with E-state index in [4.69, 9.17) is 0 Å². The summed E-state index contributed by atoms with van der Waals surface area (Å²) in [7, 11) is 0. The second kappa shape index (κ2) is 6.33. The number of nitrogens with zero attached hydrogens (tertiary/aromatic N) is 1. The molecule has 0 spiro atoms. The fraction of sp³-hybridized carbons (Fsp3) is 0. The molecule has 0 atom stereocenters. The highest BCUT2D eigenvalue weighted by atomic mass is 79.9. The van der Waals surface area contributed by atoms with E-state index in [1.54, 1.807) is 6.08 Å². The van der Waals surface area contributed by atoms with E-state index in [0.717, 1.165) is 10.0 Å². The predicted octanol–water partition coefficient (Wildman–Crippen LogP) is 0.531. The third-order valence-corrected chi connectivity index (χ3v) is 4.08. The number of H-pyrrole nitrogens is 1. The smallest absolute Gasteiger partial charge is 0.279 e. The standard InChI is InChI=1S/C18H13BrN2O3/c1-11-16(10-12-2-6-14(19)7-3-12)17(22)21(20-11)15-8-4-13(5-9-15)18(23)24/h2-10,20H,1H2,(H,23,24)/p-1/b16-10-. The number of aromatic carboxylic acids is 1. The van der Waals surface area contributed by atoms with Crippen molar-refractivity contribution in [3.05, 3.63) is 85.1 Å². The van der Waals surface area contributed by atoms with Crippen LogP contribution in [0.1, 0.15) is 15.9 Å². The van der Waals surface area contributed by atoms with Crippen LogP contribution in [-0.2, 0) is 0 Å². The Morgan fingerprint density at radius 1 is 1.12 bits per heavy atom. The maximum absolute atomic E-state index is 12.6. The summed E-state index contributed by atoms with van der Waals surface area (Å²) in [6.07, 6.45) is 1.75. The van der Waals surface area contributed by atoms with Gasteiger partial charge in [0.25, 0.3) is 5.56 Å². The van der Waals surface area contributed by atoms with Crippen LogP contribution in [0.15, 0.2) is 57.8 Å². The Morgan fingerprint density at radius 2 is 1.75 bits per heavy atom. The van der Waals surface area contributed by atoms with E-state index in [0.29, 0.717) is 16.3 Å². The van der Waals surface area contributed by atoms with Gasteiger partial charge >= 0.3 is 0 Å². The lowest BCUT2D eigenvalue weighted by Crippen LogP contribution is -2.34. The van der Waals surface area contributed by atoms with Crippen LogP contribution < -0.4 is 21.2 Å². The van der Waals surface area contributed by atoms with E-state index in [-0.39, 0.29) is 11.1 Å². The van der Waals surface area contributed by atoms with Gasteiger partial charge in [-0.2, -0.15) is 0 Å². The number of carboxylic acids is 1. The first-order valence-electron chi connectivity index (χ1n) is 7.05. The first-order valence-corrected chi connectivity index (χ1v) is 7.84. The summed E-state index contributed by atoms with van der Waals surface area (Å²) in [6.45, 7) is 3.87. The quantitative estimate of drug-likeness (QED) is 0.716. The number of carbonyl (C=O) groups is 1. The SMILES string of the molecule is C=c1[nH]n(-c2ccc(C(=O)[O-])cc2)c(=O)/c1=C\c1ccc(Br)cc1. The van der Waals surface area contributed by atoms with Gasteiger partial charge in [0.15, 0.2) is 0 Å². The first-order chi connectivity index (χ1) is 11.5. The third-order valence-electron chi connectivity index (χ3n) is 3.55. The molecule has 24 heavy (non-hydrogen) atoms. The van der Waals surface area contributed by atoms with Crippen LogP contribution in [0, 0.1) is 0 Å². The summed E-state index contributed by atoms with van der Waals surface area (Å²) < 4.78 is 2.28. The highest BCUT2D eigenvalue weighted by Crippen LogP contribution is 2.10. The van der Waals surface area contributed by atoms with Gasteiger partial charge in [0.2, 0.25) is 0 Å². The Kier molecular flexibility index (Phi) is 4.22. The summed E-state index contributed by atoms with van der Waals surface area (Å²) in [5.41, 5.74) is 1.18. The predicted molar refractivity (Wildman–Crippen MR) is 93.2 cm³/mol. The maximum atomic E-state index is 12.6. The second-order valence-electron chi connectivity index (χ2n) is 5.17. The van der Waals surface area contributed by atoms with Crippen LogP contribution in [0.4, 0.5) is 0 Å². The number of hydrogen-bond donors (Lipinski definition) is 1. The highest BCUT2D eigenvalue weighted by molar-refractivity contribution is 9.10. The number of aromatic amines is 1. The average Bonchev–Trinajstić information content (AvgIpc) is 2.85. The second-order valence-corrected chi connectivity index (χ2v) is 6.09. The zero-order chi connectivity index (χ0) is 17.3. The summed E-state index contributed by atoms with van der Waals surface area (Å²) >= 11 is 3.37. The molecule has 2 aromatic carbocycles. The molecule has 0 unspecified atom stereocenters. The van der Waals surface area contributed by atoms with Gasteiger partial charge < -0.3 is 9.90 Å². The van der Waals surface area contributed by atoms with Gasteiger partial charge in [0.05, 0.1) is 22.2 Å². The lowest BCUT2D eigenvalue weighted by molar-refractivity contribution is -0.255. The van der Waals surface area contributed by atoms with Crippen molar-refractivity contribution in [3.8, 4) is 5.69 Å². The normalized spacial score (nSPS) is 11.6. The van der Waals surface area contributed by atoms with Crippen molar-refractivity contribution in [1.82, 2.24) is 9.78 Å². The number of carboxylic acid groups (broad SMARTS) is 1. The van der Waals surface area contributed by atoms with E-state index in [2.05, 4.69) is 27.6 Å². The van der Waals surface area contributed by atoms with Gasteiger partial charge in [0.1, 0.15) is 0 Å². The summed E-state index contributed by atoms with van der Waals surface area (Å²) in [4.78, 5) is 23.4. The topological polar surface area (TPSA) is 77.9 Å². The molecular formula is C18H12BrN2O3-.